The fourth-order valence-electron chi connectivity index (χ4n) is 0.486. The predicted molar refractivity (Wildman–Crippen MR) is 44.1 cm³/mol. The van der Waals surface area contributed by atoms with Crippen LogP contribution in [-0.2, 0) is 4.79 Å². The molecular formula is C8H17NO2. The standard InChI is InChI=1S/C8H17NO2/c1-6(5-10)9-7(11)8(2,3)4/h6,10H,5H2,1-4H3,(H,9,11)/t6-/m1/s1. The zero-order valence-electron chi connectivity index (χ0n) is 7.64. The Balaban J connectivity index is 3.88. The van der Waals surface area contributed by atoms with Crippen molar-refractivity contribution in [2.24, 2.45) is 5.41 Å². The van der Waals surface area contributed by atoms with Crippen LogP contribution in [0.5, 0.6) is 0 Å². The third kappa shape index (κ3) is 3.98. The fourth-order valence-corrected chi connectivity index (χ4v) is 0.486. The van der Waals surface area contributed by atoms with Crippen molar-refractivity contribution in [1.82, 2.24) is 5.32 Å². The van der Waals surface area contributed by atoms with Crippen molar-refractivity contribution >= 4 is 5.91 Å². The maximum Gasteiger partial charge on any atom is 0.225 e. The van der Waals surface area contributed by atoms with E-state index in [2.05, 4.69) is 5.32 Å². The number of carbonyl (C=O) groups excluding carboxylic acids is 1. The summed E-state index contributed by atoms with van der Waals surface area (Å²) in [6.07, 6.45) is 0. The molecule has 11 heavy (non-hydrogen) atoms. The van der Waals surface area contributed by atoms with Gasteiger partial charge in [0.05, 0.1) is 6.61 Å². The SMILES string of the molecule is C[C@H](CO)NC(=O)C(C)(C)C. The lowest BCUT2D eigenvalue weighted by Gasteiger charge is -2.20. The molecule has 0 fully saturated rings. The third-order valence-corrected chi connectivity index (χ3v) is 1.33. The van der Waals surface area contributed by atoms with E-state index in [1.165, 1.54) is 0 Å². The number of aliphatic hydroxyl groups excluding tert-OH is 1. The lowest BCUT2D eigenvalue weighted by Crippen LogP contribution is -2.41. The second kappa shape index (κ2) is 3.72. The minimum absolute atomic E-state index is 0.0121. The van der Waals surface area contributed by atoms with Crippen LogP contribution in [0.4, 0.5) is 0 Å². The van der Waals surface area contributed by atoms with Gasteiger partial charge in [0, 0.05) is 11.5 Å². The Morgan fingerprint density at radius 1 is 1.55 bits per heavy atom. The third-order valence-electron chi connectivity index (χ3n) is 1.33. The van der Waals surface area contributed by atoms with E-state index in [0.717, 1.165) is 0 Å². The van der Waals surface area contributed by atoms with Crippen molar-refractivity contribution in [2.75, 3.05) is 6.61 Å². The molecule has 1 atom stereocenters. The number of rotatable bonds is 2. The number of aliphatic hydroxyl groups is 1. The van der Waals surface area contributed by atoms with Gasteiger partial charge in [0.2, 0.25) is 5.91 Å². The Morgan fingerprint density at radius 3 is 2.27 bits per heavy atom. The monoisotopic (exact) mass is 159 g/mol. The highest BCUT2D eigenvalue weighted by Gasteiger charge is 2.21. The van der Waals surface area contributed by atoms with Gasteiger partial charge in [0.1, 0.15) is 0 Å². The van der Waals surface area contributed by atoms with Crippen LogP contribution in [0.2, 0.25) is 0 Å². The predicted octanol–water partition coefficient (Wildman–Crippen LogP) is 0.529. The number of amides is 1. The highest BCUT2D eigenvalue weighted by Crippen LogP contribution is 2.12. The highest BCUT2D eigenvalue weighted by molar-refractivity contribution is 5.81. The van der Waals surface area contributed by atoms with Crippen LogP contribution in [0, 0.1) is 5.41 Å². The molecule has 0 rings (SSSR count). The Morgan fingerprint density at radius 2 is 2.00 bits per heavy atom. The Hall–Kier alpha value is -0.570. The maximum atomic E-state index is 11.2. The first kappa shape index (κ1) is 10.4. The molecule has 0 radical (unpaired) electrons. The normalized spacial score (nSPS) is 14.3. The Labute approximate surface area is 67.8 Å². The maximum absolute atomic E-state index is 11.2. The second-order valence-electron chi connectivity index (χ2n) is 3.81. The van der Waals surface area contributed by atoms with Gasteiger partial charge < -0.3 is 10.4 Å². The Bertz CT molecular complexity index is 138. The zero-order valence-corrected chi connectivity index (χ0v) is 7.64. The summed E-state index contributed by atoms with van der Waals surface area (Å²) in [6, 6.07) is -0.151. The number of nitrogens with one attached hydrogen (secondary N) is 1. The lowest BCUT2D eigenvalue weighted by molar-refractivity contribution is -0.129. The topological polar surface area (TPSA) is 49.3 Å². The first-order valence-corrected chi connectivity index (χ1v) is 3.79. The molecule has 0 saturated carbocycles. The molecule has 0 spiro atoms. The molecule has 0 aliphatic rings. The molecule has 0 saturated heterocycles. The van der Waals surface area contributed by atoms with Crippen LogP contribution >= 0.6 is 0 Å². The van der Waals surface area contributed by atoms with E-state index in [0.29, 0.717) is 0 Å². The lowest BCUT2D eigenvalue weighted by atomic mass is 9.95. The second-order valence-corrected chi connectivity index (χ2v) is 3.81. The molecular weight excluding hydrogens is 142 g/mol. The average Bonchev–Trinajstić information content (AvgIpc) is 1.85. The van der Waals surface area contributed by atoms with Crippen molar-refractivity contribution in [3.63, 3.8) is 0 Å². The fraction of sp³-hybridized carbons (Fsp3) is 0.875. The largest absolute Gasteiger partial charge is 0.394 e. The van der Waals surface area contributed by atoms with Crippen LogP contribution in [0.1, 0.15) is 27.7 Å². The van der Waals surface area contributed by atoms with E-state index >= 15 is 0 Å². The molecule has 0 aromatic heterocycles. The minimum Gasteiger partial charge on any atom is -0.394 e. The summed E-state index contributed by atoms with van der Waals surface area (Å²) in [4.78, 5) is 11.2. The summed E-state index contributed by atoms with van der Waals surface area (Å²) in [7, 11) is 0. The van der Waals surface area contributed by atoms with Crippen LogP contribution in [-0.4, -0.2) is 23.7 Å². The van der Waals surface area contributed by atoms with Crippen molar-refractivity contribution in [1.29, 1.82) is 0 Å². The molecule has 66 valence electrons. The van der Waals surface area contributed by atoms with E-state index in [1.807, 2.05) is 20.8 Å². The van der Waals surface area contributed by atoms with Gasteiger partial charge in [-0.05, 0) is 6.92 Å². The smallest absolute Gasteiger partial charge is 0.225 e. The van der Waals surface area contributed by atoms with Crippen molar-refractivity contribution < 1.29 is 9.90 Å². The highest BCUT2D eigenvalue weighted by atomic mass is 16.3. The molecule has 3 heteroatoms. The molecule has 0 aromatic rings. The van der Waals surface area contributed by atoms with E-state index < -0.39 is 0 Å². The van der Waals surface area contributed by atoms with Crippen LogP contribution < -0.4 is 5.32 Å². The summed E-state index contributed by atoms with van der Waals surface area (Å²) in [5.41, 5.74) is -0.372. The van der Waals surface area contributed by atoms with Gasteiger partial charge in [0.25, 0.3) is 0 Å². The van der Waals surface area contributed by atoms with Crippen molar-refractivity contribution in [2.45, 2.75) is 33.7 Å². The first-order chi connectivity index (χ1) is 4.88. The summed E-state index contributed by atoms with van der Waals surface area (Å²) < 4.78 is 0. The van der Waals surface area contributed by atoms with Gasteiger partial charge in [-0.25, -0.2) is 0 Å². The van der Waals surface area contributed by atoms with E-state index in [1.54, 1.807) is 6.92 Å². The molecule has 0 aromatic carbocycles. The van der Waals surface area contributed by atoms with Gasteiger partial charge in [-0.3, -0.25) is 4.79 Å². The number of hydrogen-bond donors (Lipinski definition) is 2. The number of hydrogen-bond acceptors (Lipinski definition) is 2. The zero-order chi connectivity index (χ0) is 9.07. The van der Waals surface area contributed by atoms with E-state index in [9.17, 15) is 4.79 Å². The van der Waals surface area contributed by atoms with Gasteiger partial charge >= 0.3 is 0 Å². The van der Waals surface area contributed by atoms with E-state index in [-0.39, 0.29) is 24.0 Å². The Kier molecular flexibility index (Phi) is 3.52. The van der Waals surface area contributed by atoms with Gasteiger partial charge in [0.15, 0.2) is 0 Å². The van der Waals surface area contributed by atoms with Gasteiger partial charge in [-0.2, -0.15) is 0 Å². The molecule has 0 aliphatic heterocycles. The van der Waals surface area contributed by atoms with Gasteiger partial charge in [-0.1, -0.05) is 20.8 Å². The number of carbonyl (C=O) groups is 1. The first-order valence-electron chi connectivity index (χ1n) is 3.79. The van der Waals surface area contributed by atoms with Crippen LogP contribution in [0.3, 0.4) is 0 Å². The van der Waals surface area contributed by atoms with Crippen LogP contribution in [0.25, 0.3) is 0 Å². The molecule has 2 N–H and O–H groups in total. The molecule has 3 nitrogen and oxygen atoms in total. The molecule has 0 heterocycles. The molecule has 0 aliphatic carbocycles. The quantitative estimate of drug-likeness (QED) is 0.617. The molecule has 1 amide bonds. The summed E-state index contributed by atoms with van der Waals surface area (Å²) >= 11 is 0. The molecule has 0 bridgehead atoms. The van der Waals surface area contributed by atoms with Crippen LogP contribution in [0.15, 0.2) is 0 Å². The summed E-state index contributed by atoms with van der Waals surface area (Å²) in [6.45, 7) is 7.27. The molecule has 0 unspecified atom stereocenters. The average molecular weight is 159 g/mol. The van der Waals surface area contributed by atoms with Gasteiger partial charge in [-0.15, -0.1) is 0 Å². The van der Waals surface area contributed by atoms with Crippen molar-refractivity contribution in [3.05, 3.63) is 0 Å². The van der Waals surface area contributed by atoms with E-state index in [4.69, 9.17) is 5.11 Å². The summed E-state index contributed by atoms with van der Waals surface area (Å²) in [5, 5.41) is 11.3. The minimum atomic E-state index is -0.372. The summed E-state index contributed by atoms with van der Waals surface area (Å²) in [5.74, 6) is -0.0287. The van der Waals surface area contributed by atoms with Crippen molar-refractivity contribution in [3.8, 4) is 0 Å².